The molecule has 0 spiro atoms. The summed E-state index contributed by atoms with van der Waals surface area (Å²) in [7, 11) is 0. The molecule has 1 aliphatic heterocycles. The third-order valence-electron chi connectivity index (χ3n) is 4.47. The first-order valence-electron chi connectivity index (χ1n) is 8.43. The van der Waals surface area contributed by atoms with Gasteiger partial charge in [-0.25, -0.2) is 0 Å². The SMILES string of the molecule is C[C@@H]1CN(C(=O)CCn2nc(C(F)(F)F)c(Cl)c2C2CC2)C[C@@H](C)O1. The number of ether oxygens (including phenoxy) is 1. The van der Waals surface area contributed by atoms with Crippen LogP contribution in [0, 0.1) is 0 Å². The Morgan fingerprint density at radius 2 is 1.88 bits per heavy atom. The van der Waals surface area contributed by atoms with Crippen molar-refractivity contribution in [2.75, 3.05) is 13.1 Å². The van der Waals surface area contributed by atoms with Crippen LogP contribution >= 0.6 is 11.6 Å². The third-order valence-corrected chi connectivity index (χ3v) is 4.85. The largest absolute Gasteiger partial charge is 0.436 e. The molecule has 2 heterocycles. The Hall–Kier alpha value is -1.28. The summed E-state index contributed by atoms with van der Waals surface area (Å²) >= 11 is 5.94. The molecule has 0 unspecified atom stereocenters. The summed E-state index contributed by atoms with van der Waals surface area (Å²) in [6.45, 7) is 4.87. The Morgan fingerprint density at radius 3 is 2.40 bits per heavy atom. The highest BCUT2D eigenvalue weighted by Crippen LogP contribution is 2.46. The van der Waals surface area contributed by atoms with E-state index in [1.54, 1.807) is 4.90 Å². The highest BCUT2D eigenvalue weighted by molar-refractivity contribution is 6.32. The zero-order chi connectivity index (χ0) is 18.4. The van der Waals surface area contributed by atoms with Gasteiger partial charge in [-0.2, -0.15) is 18.3 Å². The van der Waals surface area contributed by atoms with Gasteiger partial charge in [0.05, 0.1) is 29.5 Å². The molecule has 0 N–H and O–H groups in total. The molecule has 2 atom stereocenters. The number of amides is 1. The molecule has 1 aromatic rings. The monoisotopic (exact) mass is 379 g/mol. The second kappa shape index (κ2) is 6.79. The quantitative estimate of drug-likeness (QED) is 0.805. The molecular formula is C16H21ClF3N3O2. The van der Waals surface area contributed by atoms with Crippen molar-refractivity contribution in [3.63, 3.8) is 0 Å². The van der Waals surface area contributed by atoms with E-state index in [1.807, 2.05) is 13.8 Å². The molecule has 9 heteroatoms. The van der Waals surface area contributed by atoms with Crippen LogP contribution in [0.4, 0.5) is 13.2 Å². The van der Waals surface area contributed by atoms with E-state index < -0.39 is 11.9 Å². The van der Waals surface area contributed by atoms with Crippen molar-refractivity contribution >= 4 is 17.5 Å². The van der Waals surface area contributed by atoms with Crippen LogP contribution in [0.25, 0.3) is 0 Å². The molecule has 1 aromatic heterocycles. The Morgan fingerprint density at radius 1 is 1.28 bits per heavy atom. The molecule has 1 amide bonds. The fourth-order valence-electron chi connectivity index (χ4n) is 3.29. The zero-order valence-electron chi connectivity index (χ0n) is 14.1. The lowest BCUT2D eigenvalue weighted by molar-refractivity contribution is -0.143. The average molecular weight is 380 g/mol. The zero-order valence-corrected chi connectivity index (χ0v) is 14.9. The highest BCUT2D eigenvalue weighted by atomic mass is 35.5. The van der Waals surface area contributed by atoms with E-state index in [-0.39, 0.29) is 42.0 Å². The average Bonchev–Trinajstić information content (AvgIpc) is 3.26. The lowest BCUT2D eigenvalue weighted by atomic mass is 10.2. The second-order valence-corrected chi connectivity index (χ2v) is 7.23. The molecule has 1 saturated heterocycles. The lowest BCUT2D eigenvalue weighted by Gasteiger charge is -2.35. The van der Waals surface area contributed by atoms with E-state index in [2.05, 4.69) is 5.10 Å². The lowest BCUT2D eigenvalue weighted by Crippen LogP contribution is -2.48. The van der Waals surface area contributed by atoms with Gasteiger partial charge in [-0.05, 0) is 26.7 Å². The van der Waals surface area contributed by atoms with Crippen LogP contribution in [0.5, 0.6) is 0 Å². The standard InChI is InChI=1S/C16H21ClF3N3O2/c1-9-7-22(8-10(2)25-9)12(24)5-6-23-14(11-3-4-11)13(17)15(21-23)16(18,19)20/h9-11H,3-8H2,1-2H3/t9-,10-/m1/s1. The van der Waals surface area contributed by atoms with Gasteiger partial charge in [-0.3, -0.25) is 9.48 Å². The van der Waals surface area contributed by atoms with E-state index >= 15 is 0 Å². The van der Waals surface area contributed by atoms with Crippen LogP contribution in [0.3, 0.4) is 0 Å². The number of rotatable bonds is 4. The first-order valence-corrected chi connectivity index (χ1v) is 8.81. The van der Waals surface area contributed by atoms with E-state index in [0.717, 1.165) is 12.8 Å². The topological polar surface area (TPSA) is 47.4 Å². The van der Waals surface area contributed by atoms with E-state index in [4.69, 9.17) is 16.3 Å². The number of hydrogen-bond donors (Lipinski definition) is 0. The number of halogens is 4. The Bertz CT molecular complexity index is 648. The van der Waals surface area contributed by atoms with Gasteiger partial charge in [0, 0.05) is 25.4 Å². The van der Waals surface area contributed by atoms with Gasteiger partial charge in [0.15, 0.2) is 5.69 Å². The molecule has 3 rings (SSSR count). The first kappa shape index (κ1) is 18.5. The molecule has 5 nitrogen and oxygen atoms in total. The highest BCUT2D eigenvalue weighted by Gasteiger charge is 2.42. The Labute approximate surface area is 149 Å². The summed E-state index contributed by atoms with van der Waals surface area (Å²) < 4.78 is 46.0. The number of morpholine rings is 1. The Balaban J connectivity index is 1.71. The maximum absolute atomic E-state index is 13.1. The summed E-state index contributed by atoms with van der Waals surface area (Å²) in [4.78, 5) is 14.1. The summed E-state index contributed by atoms with van der Waals surface area (Å²) in [5.41, 5.74) is -0.650. The fraction of sp³-hybridized carbons (Fsp3) is 0.750. The summed E-state index contributed by atoms with van der Waals surface area (Å²) in [6.07, 6.45) is -3.00. The third kappa shape index (κ3) is 4.11. The van der Waals surface area contributed by atoms with Gasteiger partial charge >= 0.3 is 6.18 Å². The van der Waals surface area contributed by atoms with E-state index in [9.17, 15) is 18.0 Å². The minimum atomic E-state index is -4.59. The number of aryl methyl sites for hydroxylation is 1. The predicted octanol–water partition coefficient (Wildman–Crippen LogP) is 3.46. The van der Waals surface area contributed by atoms with Crippen molar-refractivity contribution in [1.29, 1.82) is 0 Å². The number of aromatic nitrogens is 2. The van der Waals surface area contributed by atoms with Gasteiger partial charge in [0.1, 0.15) is 0 Å². The van der Waals surface area contributed by atoms with Crippen molar-refractivity contribution < 1.29 is 22.7 Å². The molecule has 25 heavy (non-hydrogen) atoms. The van der Waals surface area contributed by atoms with Crippen molar-refractivity contribution in [3.8, 4) is 0 Å². The summed E-state index contributed by atoms with van der Waals surface area (Å²) in [5, 5.41) is 3.33. The maximum atomic E-state index is 13.1. The summed E-state index contributed by atoms with van der Waals surface area (Å²) in [5.74, 6) is -0.0986. The Kier molecular flexibility index (Phi) is 5.03. The minimum Gasteiger partial charge on any atom is -0.372 e. The number of nitrogens with zero attached hydrogens (tertiary/aromatic N) is 3. The molecule has 1 aliphatic carbocycles. The molecule has 0 bridgehead atoms. The van der Waals surface area contributed by atoms with Crippen LogP contribution in [0.15, 0.2) is 0 Å². The smallest absolute Gasteiger partial charge is 0.372 e. The maximum Gasteiger partial charge on any atom is 0.436 e. The van der Waals surface area contributed by atoms with Gasteiger partial charge in [0.25, 0.3) is 0 Å². The van der Waals surface area contributed by atoms with Gasteiger partial charge < -0.3 is 9.64 Å². The molecular weight excluding hydrogens is 359 g/mol. The normalized spacial score (nSPS) is 24.6. The van der Waals surface area contributed by atoms with Crippen LogP contribution < -0.4 is 0 Å². The second-order valence-electron chi connectivity index (χ2n) is 6.85. The van der Waals surface area contributed by atoms with Crippen molar-refractivity contribution in [2.45, 2.75) is 64.0 Å². The van der Waals surface area contributed by atoms with Crippen LogP contribution in [-0.4, -0.2) is 45.9 Å². The van der Waals surface area contributed by atoms with Crippen molar-refractivity contribution in [3.05, 3.63) is 16.4 Å². The molecule has 1 saturated carbocycles. The molecule has 140 valence electrons. The summed E-state index contributed by atoms with van der Waals surface area (Å²) in [6, 6.07) is 0. The van der Waals surface area contributed by atoms with Crippen molar-refractivity contribution in [1.82, 2.24) is 14.7 Å². The van der Waals surface area contributed by atoms with Crippen molar-refractivity contribution in [2.24, 2.45) is 0 Å². The number of alkyl halides is 3. The molecule has 2 aliphatic rings. The molecule has 2 fully saturated rings. The van der Waals surface area contributed by atoms with E-state index in [1.165, 1.54) is 4.68 Å². The van der Waals surface area contributed by atoms with E-state index in [0.29, 0.717) is 18.8 Å². The fourth-order valence-corrected chi connectivity index (χ4v) is 3.69. The minimum absolute atomic E-state index is 0.00892. The van der Waals surface area contributed by atoms with Crippen LogP contribution in [0.2, 0.25) is 5.02 Å². The van der Waals surface area contributed by atoms with Gasteiger partial charge in [-0.15, -0.1) is 0 Å². The van der Waals surface area contributed by atoms with Crippen LogP contribution in [-0.2, 0) is 22.3 Å². The van der Waals surface area contributed by atoms with Gasteiger partial charge in [-0.1, -0.05) is 11.6 Å². The number of hydrogen-bond acceptors (Lipinski definition) is 3. The van der Waals surface area contributed by atoms with Gasteiger partial charge in [0.2, 0.25) is 5.91 Å². The molecule has 0 aromatic carbocycles. The number of carbonyl (C=O) groups is 1. The first-order chi connectivity index (χ1) is 11.7. The predicted molar refractivity (Wildman–Crippen MR) is 85.4 cm³/mol. The number of carbonyl (C=O) groups excluding carboxylic acids is 1. The van der Waals surface area contributed by atoms with Crippen LogP contribution in [0.1, 0.15) is 50.4 Å². The molecule has 0 radical (unpaired) electrons.